The highest BCUT2D eigenvalue weighted by Gasteiger charge is 2.12. The van der Waals surface area contributed by atoms with E-state index < -0.39 is 0 Å². The van der Waals surface area contributed by atoms with Crippen LogP contribution in [0.4, 0.5) is 5.88 Å². The first kappa shape index (κ1) is 23.9. The van der Waals surface area contributed by atoms with Crippen LogP contribution in [-0.2, 0) is 13.0 Å². The van der Waals surface area contributed by atoms with Gasteiger partial charge in [-0.3, -0.25) is 0 Å². The lowest BCUT2D eigenvalue weighted by molar-refractivity contribution is 0.284. The lowest BCUT2D eigenvalue weighted by Crippen LogP contribution is -1.98. The Morgan fingerprint density at radius 2 is 1.91 bits per heavy atom. The molecule has 0 bridgehead atoms. The Labute approximate surface area is 195 Å². The second-order valence-corrected chi connectivity index (χ2v) is 7.62. The number of aromatic nitrogens is 1. The van der Waals surface area contributed by atoms with Gasteiger partial charge in [0.2, 0.25) is 5.69 Å². The molecule has 0 unspecified atom stereocenters. The van der Waals surface area contributed by atoms with Gasteiger partial charge in [-0.2, -0.15) is 10.4 Å². The van der Waals surface area contributed by atoms with Gasteiger partial charge in [-0.25, -0.2) is 10.4 Å². The van der Waals surface area contributed by atoms with Crippen LogP contribution in [-0.4, -0.2) is 18.3 Å². The van der Waals surface area contributed by atoms with Crippen LogP contribution in [0.1, 0.15) is 61.7 Å². The standard InChI is InChI=1S/C26H30N4O3/c1-3-4-5-6-10-13-25-29-22(17-27)26(33-25)30-28-18-21-14-15-23(24(16-21)31-2)32-19-20-11-8-7-9-12-20/h7-9,11-12,14-16,18,30H,3-6,10,13,19H2,1-2H3. The predicted molar refractivity (Wildman–Crippen MR) is 129 cm³/mol. The Hall–Kier alpha value is -3.79. The Kier molecular flexibility index (Phi) is 9.34. The molecule has 0 fully saturated rings. The minimum atomic E-state index is 0.206. The molecule has 33 heavy (non-hydrogen) atoms. The summed E-state index contributed by atoms with van der Waals surface area (Å²) in [5.74, 6) is 2.07. The van der Waals surface area contributed by atoms with Crippen molar-refractivity contribution < 1.29 is 13.9 Å². The summed E-state index contributed by atoms with van der Waals surface area (Å²) in [4.78, 5) is 4.26. The quantitative estimate of drug-likeness (QED) is 0.194. The number of hydrazone groups is 1. The topological polar surface area (TPSA) is 92.7 Å². The van der Waals surface area contributed by atoms with E-state index in [0.717, 1.165) is 24.0 Å². The third-order valence-corrected chi connectivity index (χ3v) is 5.08. The summed E-state index contributed by atoms with van der Waals surface area (Å²) < 4.78 is 17.0. The number of methoxy groups -OCH3 is 1. The maximum absolute atomic E-state index is 9.33. The molecule has 1 N–H and O–H groups in total. The van der Waals surface area contributed by atoms with Crippen LogP contribution < -0.4 is 14.9 Å². The van der Waals surface area contributed by atoms with E-state index in [4.69, 9.17) is 13.9 Å². The van der Waals surface area contributed by atoms with Crippen LogP contribution in [0.25, 0.3) is 0 Å². The molecular formula is C26H30N4O3. The molecule has 3 aromatic rings. The molecule has 0 spiro atoms. The van der Waals surface area contributed by atoms with Crippen molar-refractivity contribution in [2.75, 3.05) is 12.5 Å². The highest BCUT2D eigenvalue weighted by Crippen LogP contribution is 2.28. The summed E-state index contributed by atoms with van der Waals surface area (Å²) in [5, 5.41) is 13.5. The van der Waals surface area contributed by atoms with Crippen LogP contribution in [0, 0.1) is 11.3 Å². The number of unbranched alkanes of at least 4 members (excludes halogenated alkanes) is 4. The first-order valence-corrected chi connectivity index (χ1v) is 11.3. The number of hydrogen-bond acceptors (Lipinski definition) is 7. The highest BCUT2D eigenvalue weighted by molar-refractivity contribution is 5.81. The number of anilines is 1. The van der Waals surface area contributed by atoms with E-state index >= 15 is 0 Å². The van der Waals surface area contributed by atoms with Gasteiger partial charge in [0.15, 0.2) is 17.4 Å². The van der Waals surface area contributed by atoms with Crippen molar-refractivity contribution in [3.05, 3.63) is 71.2 Å². The normalized spacial score (nSPS) is 10.8. The van der Waals surface area contributed by atoms with Crippen molar-refractivity contribution >= 4 is 12.1 Å². The van der Waals surface area contributed by atoms with Gasteiger partial charge in [0.25, 0.3) is 5.88 Å². The average Bonchev–Trinajstić information content (AvgIpc) is 3.25. The lowest BCUT2D eigenvalue weighted by atomic mass is 10.1. The molecule has 2 aromatic carbocycles. The van der Waals surface area contributed by atoms with Crippen molar-refractivity contribution in [3.8, 4) is 17.6 Å². The number of ether oxygens (including phenoxy) is 2. The molecule has 1 heterocycles. The van der Waals surface area contributed by atoms with Crippen LogP contribution in [0.15, 0.2) is 58.0 Å². The second kappa shape index (κ2) is 12.9. The van der Waals surface area contributed by atoms with E-state index in [9.17, 15) is 5.26 Å². The molecule has 0 amide bonds. The molecule has 7 heteroatoms. The number of nitriles is 1. The van der Waals surface area contributed by atoms with Crippen LogP contribution in [0.2, 0.25) is 0 Å². The molecule has 0 saturated heterocycles. The van der Waals surface area contributed by atoms with Gasteiger partial charge >= 0.3 is 0 Å². The minimum absolute atomic E-state index is 0.206. The molecule has 0 aliphatic heterocycles. The fraction of sp³-hybridized carbons (Fsp3) is 0.346. The molecular weight excluding hydrogens is 416 g/mol. The summed E-state index contributed by atoms with van der Waals surface area (Å²) in [6, 6.07) is 17.5. The Morgan fingerprint density at radius 3 is 2.67 bits per heavy atom. The van der Waals surface area contributed by atoms with Gasteiger partial charge in [-0.15, -0.1) is 0 Å². The fourth-order valence-corrected chi connectivity index (χ4v) is 3.29. The van der Waals surface area contributed by atoms with Gasteiger partial charge in [-0.1, -0.05) is 62.9 Å². The van der Waals surface area contributed by atoms with Crippen molar-refractivity contribution in [2.45, 2.75) is 52.1 Å². The van der Waals surface area contributed by atoms with E-state index in [0.29, 0.717) is 30.4 Å². The molecule has 0 aliphatic rings. The Bertz CT molecular complexity index is 1070. The van der Waals surface area contributed by atoms with Gasteiger partial charge in [0.1, 0.15) is 12.7 Å². The second-order valence-electron chi connectivity index (χ2n) is 7.62. The zero-order valence-corrected chi connectivity index (χ0v) is 19.2. The van der Waals surface area contributed by atoms with Crippen molar-refractivity contribution in [1.82, 2.24) is 4.98 Å². The van der Waals surface area contributed by atoms with Crippen LogP contribution in [0.5, 0.6) is 11.5 Å². The maximum Gasteiger partial charge on any atom is 0.252 e. The zero-order chi connectivity index (χ0) is 23.3. The number of hydrogen-bond donors (Lipinski definition) is 1. The minimum Gasteiger partial charge on any atom is -0.493 e. The predicted octanol–water partition coefficient (Wildman–Crippen LogP) is 6.09. The van der Waals surface area contributed by atoms with E-state index in [1.54, 1.807) is 13.3 Å². The summed E-state index contributed by atoms with van der Waals surface area (Å²) >= 11 is 0. The molecule has 172 valence electrons. The maximum atomic E-state index is 9.33. The van der Waals surface area contributed by atoms with E-state index in [1.807, 2.05) is 48.5 Å². The van der Waals surface area contributed by atoms with Gasteiger partial charge in [-0.05, 0) is 35.7 Å². The number of benzene rings is 2. The third kappa shape index (κ3) is 7.39. The lowest BCUT2D eigenvalue weighted by Gasteiger charge is -2.11. The Balaban J connectivity index is 1.57. The van der Waals surface area contributed by atoms with E-state index in [2.05, 4.69) is 28.5 Å². The van der Waals surface area contributed by atoms with E-state index in [-0.39, 0.29) is 11.6 Å². The van der Waals surface area contributed by atoms with Crippen LogP contribution >= 0.6 is 0 Å². The SMILES string of the molecule is CCCCCCCc1nc(C#N)c(NN=Cc2ccc(OCc3ccccc3)c(OC)c2)o1. The smallest absolute Gasteiger partial charge is 0.252 e. The Morgan fingerprint density at radius 1 is 1.09 bits per heavy atom. The number of nitrogens with zero attached hydrogens (tertiary/aromatic N) is 3. The molecule has 0 aliphatic carbocycles. The van der Waals surface area contributed by atoms with Crippen molar-refractivity contribution in [1.29, 1.82) is 5.26 Å². The summed E-state index contributed by atoms with van der Waals surface area (Å²) in [7, 11) is 1.60. The average molecular weight is 447 g/mol. The third-order valence-electron chi connectivity index (χ3n) is 5.08. The molecule has 3 rings (SSSR count). The molecule has 0 atom stereocenters. The highest BCUT2D eigenvalue weighted by atomic mass is 16.5. The summed E-state index contributed by atoms with van der Waals surface area (Å²) in [5.41, 5.74) is 4.88. The van der Waals surface area contributed by atoms with Crippen molar-refractivity contribution in [3.63, 3.8) is 0 Å². The van der Waals surface area contributed by atoms with Gasteiger partial charge in [0.05, 0.1) is 13.3 Å². The fourth-order valence-electron chi connectivity index (χ4n) is 3.29. The van der Waals surface area contributed by atoms with Gasteiger partial charge in [0, 0.05) is 6.42 Å². The first-order chi connectivity index (χ1) is 16.2. The number of rotatable bonds is 13. The molecule has 0 radical (unpaired) electrons. The van der Waals surface area contributed by atoms with Gasteiger partial charge < -0.3 is 13.9 Å². The monoisotopic (exact) mass is 446 g/mol. The van der Waals surface area contributed by atoms with Crippen molar-refractivity contribution in [2.24, 2.45) is 5.10 Å². The summed E-state index contributed by atoms with van der Waals surface area (Å²) in [6.45, 7) is 2.64. The first-order valence-electron chi connectivity index (χ1n) is 11.3. The van der Waals surface area contributed by atoms with Crippen LogP contribution in [0.3, 0.4) is 0 Å². The zero-order valence-electron chi connectivity index (χ0n) is 19.2. The number of nitrogens with one attached hydrogen (secondary N) is 1. The molecule has 1 aromatic heterocycles. The van der Waals surface area contributed by atoms with E-state index in [1.165, 1.54) is 19.3 Å². The number of aryl methyl sites for hydroxylation is 1. The molecule has 7 nitrogen and oxygen atoms in total. The number of oxazole rings is 1. The summed E-state index contributed by atoms with van der Waals surface area (Å²) in [6.07, 6.45) is 8.11. The molecule has 0 saturated carbocycles. The largest absolute Gasteiger partial charge is 0.493 e.